The zero-order valence-corrected chi connectivity index (χ0v) is 10.8. The third kappa shape index (κ3) is 2.99. The molecule has 1 aromatic carbocycles. The number of nitrogen functional groups attached to an aromatic ring is 1. The SMILES string of the molecule is CC(C)c1cc(Oc2ccc(N)cc2C#N)ncn1. The van der Waals surface area contributed by atoms with Crippen LogP contribution in [-0.4, -0.2) is 9.97 Å². The molecule has 5 nitrogen and oxygen atoms in total. The first-order valence-electron chi connectivity index (χ1n) is 5.89. The van der Waals surface area contributed by atoms with E-state index in [-0.39, 0.29) is 5.92 Å². The molecule has 19 heavy (non-hydrogen) atoms. The molecule has 0 atom stereocenters. The second-order valence-electron chi connectivity index (χ2n) is 4.41. The van der Waals surface area contributed by atoms with E-state index in [0.717, 1.165) is 5.69 Å². The average molecular weight is 254 g/mol. The fourth-order valence-corrected chi connectivity index (χ4v) is 1.56. The molecule has 0 saturated heterocycles. The number of nitriles is 1. The van der Waals surface area contributed by atoms with Crippen LogP contribution in [0.2, 0.25) is 0 Å². The van der Waals surface area contributed by atoms with Gasteiger partial charge in [-0.25, -0.2) is 9.97 Å². The van der Waals surface area contributed by atoms with Crippen LogP contribution >= 0.6 is 0 Å². The quantitative estimate of drug-likeness (QED) is 0.851. The fraction of sp³-hybridized carbons (Fsp3) is 0.214. The second-order valence-corrected chi connectivity index (χ2v) is 4.41. The van der Waals surface area contributed by atoms with Crippen molar-refractivity contribution in [1.29, 1.82) is 5.26 Å². The minimum absolute atomic E-state index is 0.284. The van der Waals surface area contributed by atoms with Gasteiger partial charge in [-0.2, -0.15) is 5.26 Å². The largest absolute Gasteiger partial charge is 0.438 e. The first-order valence-corrected chi connectivity index (χ1v) is 5.89. The van der Waals surface area contributed by atoms with E-state index in [2.05, 4.69) is 9.97 Å². The van der Waals surface area contributed by atoms with Crippen LogP contribution in [0, 0.1) is 11.3 Å². The number of hydrogen-bond donors (Lipinski definition) is 1. The van der Waals surface area contributed by atoms with E-state index in [4.69, 9.17) is 15.7 Å². The topological polar surface area (TPSA) is 84.8 Å². The molecule has 2 N–H and O–H groups in total. The van der Waals surface area contributed by atoms with E-state index in [0.29, 0.717) is 22.9 Å². The van der Waals surface area contributed by atoms with Crippen LogP contribution in [0.1, 0.15) is 31.0 Å². The fourth-order valence-electron chi connectivity index (χ4n) is 1.56. The van der Waals surface area contributed by atoms with Gasteiger partial charge in [0.15, 0.2) is 0 Å². The number of hydrogen-bond acceptors (Lipinski definition) is 5. The van der Waals surface area contributed by atoms with Gasteiger partial charge in [0.1, 0.15) is 18.1 Å². The summed E-state index contributed by atoms with van der Waals surface area (Å²) in [4.78, 5) is 8.20. The first-order chi connectivity index (χ1) is 9.10. The monoisotopic (exact) mass is 254 g/mol. The van der Waals surface area contributed by atoms with E-state index in [9.17, 15) is 0 Å². The maximum Gasteiger partial charge on any atom is 0.222 e. The molecule has 0 spiro atoms. The summed E-state index contributed by atoms with van der Waals surface area (Å²) >= 11 is 0. The first kappa shape index (κ1) is 12.8. The van der Waals surface area contributed by atoms with Gasteiger partial charge in [-0.15, -0.1) is 0 Å². The van der Waals surface area contributed by atoms with Crippen molar-refractivity contribution in [3.05, 3.63) is 41.9 Å². The van der Waals surface area contributed by atoms with E-state index >= 15 is 0 Å². The predicted molar refractivity (Wildman–Crippen MR) is 71.8 cm³/mol. The van der Waals surface area contributed by atoms with Crippen molar-refractivity contribution >= 4 is 5.69 Å². The molecular formula is C14H14N4O. The van der Waals surface area contributed by atoms with Gasteiger partial charge in [-0.05, 0) is 24.1 Å². The van der Waals surface area contributed by atoms with E-state index < -0.39 is 0 Å². The van der Waals surface area contributed by atoms with Crippen LogP contribution < -0.4 is 10.5 Å². The van der Waals surface area contributed by atoms with Crippen molar-refractivity contribution in [2.24, 2.45) is 0 Å². The molecular weight excluding hydrogens is 240 g/mol. The number of rotatable bonds is 3. The summed E-state index contributed by atoms with van der Waals surface area (Å²) in [5.74, 6) is 1.14. The van der Waals surface area contributed by atoms with Gasteiger partial charge in [0.05, 0.1) is 11.3 Å². The zero-order chi connectivity index (χ0) is 13.8. The second kappa shape index (κ2) is 5.36. The standard InChI is InChI=1S/C14H14N4O/c1-9(2)12-6-14(18-8-17-12)19-13-4-3-11(16)5-10(13)7-15/h3-6,8-9H,16H2,1-2H3. The molecule has 0 bridgehead atoms. The molecule has 0 saturated carbocycles. The lowest BCUT2D eigenvalue weighted by atomic mass is 10.1. The maximum absolute atomic E-state index is 9.05. The van der Waals surface area contributed by atoms with Gasteiger partial charge in [-0.3, -0.25) is 0 Å². The summed E-state index contributed by atoms with van der Waals surface area (Å²) in [5.41, 5.74) is 7.42. The molecule has 2 rings (SSSR count). The Kier molecular flexibility index (Phi) is 3.62. The lowest BCUT2D eigenvalue weighted by molar-refractivity contribution is 0.458. The Morgan fingerprint density at radius 1 is 1.26 bits per heavy atom. The Hall–Kier alpha value is -2.61. The highest BCUT2D eigenvalue weighted by atomic mass is 16.5. The Morgan fingerprint density at radius 2 is 2.05 bits per heavy atom. The van der Waals surface area contributed by atoms with Crippen molar-refractivity contribution in [3.8, 4) is 17.7 Å². The molecule has 96 valence electrons. The number of nitrogens with zero attached hydrogens (tertiary/aromatic N) is 3. The molecule has 1 aromatic heterocycles. The van der Waals surface area contributed by atoms with Crippen LogP contribution in [0.25, 0.3) is 0 Å². The van der Waals surface area contributed by atoms with Crippen LogP contribution in [0.3, 0.4) is 0 Å². The van der Waals surface area contributed by atoms with Crippen LogP contribution in [0.4, 0.5) is 5.69 Å². The molecule has 0 aliphatic carbocycles. The highest BCUT2D eigenvalue weighted by Gasteiger charge is 2.08. The zero-order valence-electron chi connectivity index (χ0n) is 10.8. The van der Waals surface area contributed by atoms with E-state index in [1.807, 2.05) is 19.9 Å². The van der Waals surface area contributed by atoms with Crippen molar-refractivity contribution in [1.82, 2.24) is 9.97 Å². The van der Waals surface area contributed by atoms with Crippen molar-refractivity contribution in [3.63, 3.8) is 0 Å². The summed E-state index contributed by atoms with van der Waals surface area (Å²) in [5, 5.41) is 9.05. The summed E-state index contributed by atoms with van der Waals surface area (Å²) < 4.78 is 5.62. The number of ether oxygens (including phenoxy) is 1. The van der Waals surface area contributed by atoms with E-state index in [1.165, 1.54) is 6.33 Å². The smallest absolute Gasteiger partial charge is 0.222 e. The van der Waals surface area contributed by atoms with Gasteiger partial charge < -0.3 is 10.5 Å². The molecule has 0 amide bonds. The van der Waals surface area contributed by atoms with Gasteiger partial charge in [0, 0.05) is 11.8 Å². The Morgan fingerprint density at radius 3 is 2.74 bits per heavy atom. The van der Waals surface area contributed by atoms with Gasteiger partial charge >= 0.3 is 0 Å². The number of aromatic nitrogens is 2. The third-order valence-electron chi connectivity index (χ3n) is 2.59. The molecule has 0 aliphatic heterocycles. The molecule has 0 unspecified atom stereocenters. The number of nitrogens with two attached hydrogens (primary N) is 1. The van der Waals surface area contributed by atoms with Crippen LogP contribution in [-0.2, 0) is 0 Å². The maximum atomic E-state index is 9.05. The average Bonchev–Trinajstić information content (AvgIpc) is 2.41. The lowest BCUT2D eigenvalue weighted by Crippen LogP contribution is -1.97. The molecule has 0 fully saturated rings. The highest BCUT2D eigenvalue weighted by molar-refractivity contribution is 5.53. The molecule has 0 aliphatic rings. The Bertz CT molecular complexity index is 632. The Balaban J connectivity index is 2.31. The molecule has 1 heterocycles. The minimum atomic E-state index is 0.284. The summed E-state index contributed by atoms with van der Waals surface area (Å²) in [6, 6.07) is 8.72. The summed E-state index contributed by atoms with van der Waals surface area (Å²) in [7, 11) is 0. The minimum Gasteiger partial charge on any atom is -0.438 e. The van der Waals surface area contributed by atoms with Crippen molar-refractivity contribution in [2.75, 3.05) is 5.73 Å². The third-order valence-corrected chi connectivity index (χ3v) is 2.59. The van der Waals surface area contributed by atoms with Gasteiger partial charge in [-0.1, -0.05) is 13.8 Å². The van der Waals surface area contributed by atoms with Crippen molar-refractivity contribution < 1.29 is 4.74 Å². The van der Waals surface area contributed by atoms with E-state index in [1.54, 1.807) is 24.3 Å². The van der Waals surface area contributed by atoms with Gasteiger partial charge in [0.25, 0.3) is 0 Å². The Labute approximate surface area is 111 Å². The lowest BCUT2D eigenvalue weighted by Gasteiger charge is -2.09. The summed E-state index contributed by atoms with van der Waals surface area (Å²) in [6.45, 7) is 4.08. The molecule has 5 heteroatoms. The molecule has 2 aromatic rings. The normalized spacial score (nSPS) is 10.2. The molecule has 0 radical (unpaired) electrons. The van der Waals surface area contributed by atoms with Crippen molar-refractivity contribution in [2.45, 2.75) is 19.8 Å². The van der Waals surface area contributed by atoms with Crippen LogP contribution in [0.5, 0.6) is 11.6 Å². The highest BCUT2D eigenvalue weighted by Crippen LogP contribution is 2.26. The predicted octanol–water partition coefficient (Wildman–Crippen LogP) is 2.85. The van der Waals surface area contributed by atoms with Gasteiger partial charge in [0.2, 0.25) is 5.88 Å². The number of benzene rings is 1. The number of anilines is 1. The summed E-state index contributed by atoms with van der Waals surface area (Å²) in [6.07, 6.45) is 1.45. The van der Waals surface area contributed by atoms with Crippen LogP contribution in [0.15, 0.2) is 30.6 Å².